The van der Waals surface area contributed by atoms with Crippen molar-refractivity contribution in [2.45, 2.75) is 85.7 Å². The molecule has 1 fully saturated rings. The molecule has 164 valence electrons. The first-order chi connectivity index (χ1) is 13.0. The molecular weight excluding hydrogens is 362 g/mol. The molecule has 0 spiro atoms. The molecule has 1 unspecified atom stereocenters. The number of carbonyl (C=O) groups is 2. The molecule has 1 aliphatic heterocycles. The molecule has 1 rings (SSSR count). The first kappa shape index (κ1) is 25.1. The smallest absolute Gasteiger partial charge is 0.311 e. The third-order valence-corrected chi connectivity index (χ3v) is 6.74. The van der Waals surface area contributed by atoms with Gasteiger partial charge in [0.15, 0.2) is 0 Å². The summed E-state index contributed by atoms with van der Waals surface area (Å²) in [6.45, 7) is 12.8. The maximum absolute atomic E-state index is 12.9. The van der Waals surface area contributed by atoms with E-state index < -0.39 is 36.1 Å². The average Bonchev–Trinajstić information content (AvgIpc) is 2.67. The number of hydrogen-bond acceptors (Lipinski definition) is 6. The molecule has 1 saturated heterocycles. The predicted octanol–water partition coefficient (Wildman–Crippen LogP) is 2.83. The Morgan fingerprint density at radius 3 is 2.07 bits per heavy atom. The van der Waals surface area contributed by atoms with Crippen molar-refractivity contribution >= 4 is 11.8 Å². The van der Waals surface area contributed by atoms with Crippen LogP contribution in [-0.4, -0.2) is 53.5 Å². The summed E-state index contributed by atoms with van der Waals surface area (Å²) in [6, 6.07) is 0. The van der Waals surface area contributed by atoms with Gasteiger partial charge >= 0.3 is 5.97 Å². The molecule has 0 aromatic carbocycles. The summed E-state index contributed by atoms with van der Waals surface area (Å²) in [7, 11) is 1.59. The Bertz CT molecular complexity index is 521. The highest BCUT2D eigenvalue weighted by Gasteiger charge is 2.40. The maximum Gasteiger partial charge on any atom is 0.311 e. The van der Waals surface area contributed by atoms with Gasteiger partial charge < -0.3 is 19.7 Å². The fourth-order valence-corrected chi connectivity index (χ4v) is 4.67. The number of aliphatic hydroxyl groups excluding tert-OH is 2. The van der Waals surface area contributed by atoms with Gasteiger partial charge in [-0.25, -0.2) is 0 Å². The van der Waals surface area contributed by atoms with Crippen LogP contribution in [0.25, 0.3) is 0 Å². The molecule has 6 nitrogen and oxygen atoms in total. The molecule has 0 amide bonds. The number of Topliss-reactive ketones (excluding diaryl/α,β-unsaturated/α-hetero) is 1. The number of ether oxygens (including phenoxy) is 2. The Labute approximate surface area is 170 Å². The second kappa shape index (κ2) is 10.7. The van der Waals surface area contributed by atoms with E-state index in [2.05, 4.69) is 0 Å². The van der Waals surface area contributed by atoms with E-state index in [0.717, 1.165) is 0 Å². The molecule has 2 N–H and O–H groups in total. The van der Waals surface area contributed by atoms with Crippen molar-refractivity contribution in [2.24, 2.45) is 35.5 Å². The van der Waals surface area contributed by atoms with E-state index in [0.29, 0.717) is 12.8 Å². The summed E-state index contributed by atoms with van der Waals surface area (Å²) in [5, 5.41) is 21.6. The number of ketones is 1. The van der Waals surface area contributed by atoms with Crippen LogP contribution in [0, 0.1) is 35.5 Å². The van der Waals surface area contributed by atoms with Crippen molar-refractivity contribution in [3.8, 4) is 0 Å². The van der Waals surface area contributed by atoms with Gasteiger partial charge in [0.2, 0.25) is 0 Å². The van der Waals surface area contributed by atoms with Crippen molar-refractivity contribution in [1.29, 1.82) is 0 Å². The van der Waals surface area contributed by atoms with Crippen molar-refractivity contribution in [2.75, 3.05) is 7.11 Å². The minimum Gasteiger partial charge on any atom is -0.462 e. The summed E-state index contributed by atoms with van der Waals surface area (Å²) in [5.41, 5.74) is 0. The monoisotopic (exact) mass is 402 g/mol. The van der Waals surface area contributed by atoms with E-state index in [1.54, 1.807) is 27.9 Å². The number of cyclic esters (lactones) is 1. The van der Waals surface area contributed by atoms with E-state index >= 15 is 0 Å². The molecule has 1 heterocycles. The van der Waals surface area contributed by atoms with E-state index in [4.69, 9.17) is 9.47 Å². The zero-order chi connectivity index (χ0) is 21.8. The van der Waals surface area contributed by atoms with Gasteiger partial charge in [0.05, 0.1) is 24.2 Å². The normalized spacial score (nSPS) is 44.6. The molecule has 0 aromatic rings. The Hall–Kier alpha value is -0.980. The van der Waals surface area contributed by atoms with Crippen LogP contribution in [-0.2, 0) is 19.1 Å². The lowest BCUT2D eigenvalue weighted by molar-refractivity contribution is -0.166. The van der Waals surface area contributed by atoms with E-state index in [1.165, 1.54) is 0 Å². The standard InChI is InChI=1S/C22H40O6/c1-9-17-13(4)19(24)14(5)18(23)11(2)10-12(3)21(27-8)15(6)20(25)16(7)22(26)28-17/h11-17,19-21,24-25H,9-10H2,1-8H3/t11-,12+,13+,14+,15+,16-,17?,19+,20+,21+/m1/s1/i23+2. The zero-order valence-electron chi connectivity index (χ0n) is 18.7. The quantitative estimate of drug-likeness (QED) is 0.545. The van der Waals surface area contributed by atoms with Crippen molar-refractivity contribution in [3.63, 3.8) is 0 Å². The van der Waals surface area contributed by atoms with Gasteiger partial charge in [-0.3, -0.25) is 9.59 Å². The van der Waals surface area contributed by atoms with Crippen LogP contribution >= 0.6 is 0 Å². The van der Waals surface area contributed by atoms with E-state index in [9.17, 15) is 19.8 Å². The molecule has 0 aliphatic carbocycles. The van der Waals surface area contributed by atoms with Crippen LogP contribution in [0.15, 0.2) is 0 Å². The van der Waals surface area contributed by atoms with Crippen molar-refractivity contribution in [1.82, 2.24) is 0 Å². The topological polar surface area (TPSA) is 93.1 Å². The van der Waals surface area contributed by atoms with Crippen molar-refractivity contribution < 1.29 is 29.3 Å². The summed E-state index contributed by atoms with van der Waals surface area (Å²) in [6.07, 6.45) is -1.52. The first-order valence-electron chi connectivity index (χ1n) is 10.6. The van der Waals surface area contributed by atoms with Crippen LogP contribution in [0.2, 0.25) is 0 Å². The van der Waals surface area contributed by atoms with Crippen molar-refractivity contribution in [3.05, 3.63) is 0 Å². The molecule has 6 heteroatoms. The minimum absolute atomic E-state index is 0.000798. The third-order valence-electron chi connectivity index (χ3n) is 6.74. The predicted molar refractivity (Wildman–Crippen MR) is 108 cm³/mol. The molecule has 1 aliphatic rings. The van der Waals surface area contributed by atoms with Gasteiger partial charge in [0.1, 0.15) is 11.9 Å². The first-order valence-corrected chi connectivity index (χ1v) is 10.6. The Morgan fingerprint density at radius 2 is 1.57 bits per heavy atom. The van der Waals surface area contributed by atoms with Gasteiger partial charge in [0, 0.05) is 30.8 Å². The lowest BCUT2D eigenvalue weighted by atomic mass is 9.77. The van der Waals surface area contributed by atoms with Gasteiger partial charge in [-0.15, -0.1) is 0 Å². The highest BCUT2D eigenvalue weighted by atomic mass is 18.1. The number of methoxy groups -OCH3 is 1. The van der Waals surface area contributed by atoms with E-state index in [1.807, 2.05) is 27.7 Å². The fourth-order valence-electron chi connectivity index (χ4n) is 4.67. The lowest BCUT2D eigenvalue weighted by Gasteiger charge is -2.37. The number of carbonyl (C=O) groups excluding carboxylic acids is 2. The summed E-state index contributed by atoms with van der Waals surface area (Å²) >= 11 is 0. The van der Waals surface area contributed by atoms with Crippen LogP contribution in [0.3, 0.4) is 0 Å². The lowest BCUT2D eigenvalue weighted by Crippen LogP contribution is -2.45. The minimum atomic E-state index is -0.925. The van der Waals surface area contributed by atoms with Gasteiger partial charge in [-0.2, -0.15) is 0 Å². The number of hydrogen-bond donors (Lipinski definition) is 2. The van der Waals surface area contributed by atoms with Crippen LogP contribution < -0.4 is 0 Å². The summed E-state index contributed by atoms with van der Waals surface area (Å²) in [4.78, 5) is 25.6. The molecule has 0 saturated carbocycles. The molecule has 28 heavy (non-hydrogen) atoms. The van der Waals surface area contributed by atoms with Crippen LogP contribution in [0.4, 0.5) is 0 Å². The van der Waals surface area contributed by atoms with Gasteiger partial charge in [-0.1, -0.05) is 41.5 Å². The summed E-state index contributed by atoms with van der Waals surface area (Å²) < 4.78 is 11.3. The fraction of sp³-hybridized carbons (Fsp3) is 0.909. The molecule has 0 bridgehead atoms. The number of aliphatic hydroxyl groups is 2. The second-order valence-electron chi connectivity index (χ2n) is 8.88. The van der Waals surface area contributed by atoms with E-state index in [-0.39, 0.29) is 35.6 Å². The molecule has 0 radical (unpaired) electrons. The molecular formula is C22H40O6. The summed E-state index contributed by atoms with van der Waals surface area (Å²) in [5.74, 6) is -2.66. The van der Waals surface area contributed by atoms with Gasteiger partial charge in [0.25, 0.3) is 0 Å². The second-order valence-corrected chi connectivity index (χ2v) is 8.88. The number of esters is 1. The molecule has 0 aromatic heterocycles. The maximum atomic E-state index is 12.9. The molecule has 10 atom stereocenters. The largest absolute Gasteiger partial charge is 0.462 e. The van der Waals surface area contributed by atoms with Crippen LogP contribution in [0.5, 0.6) is 0 Å². The highest BCUT2D eigenvalue weighted by molar-refractivity contribution is 5.83. The average molecular weight is 403 g/mol. The third kappa shape index (κ3) is 5.55. The number of rotatable bonds is 2. The SMILES string of the molecule is CCC1OC(=O)[C@H](C)[C@@H](O)[C@H](C)[C@@H](OC)[C@@H](C)C[C@@H](C)C(=[18O])[C@H](C)[C@@H](O)[C@H]1C. The Balaban J connectivity index is 3.28. The Morgan fingerprint density at radius 1 is 1.04 bits per heavy atom. The highest BCUT2D eigenvalue weighted by Crippen LogP contribution is 2.32. The zero-order valence-corrected chi connectivity index (χ0v) is 18.7. The Kier molecular flexibility index (Phi) is 9.57. The van der Waals surface area contributed by atoms with Crippen LogP contribution in [0.1, 0.15) is 61.3 Å². The van der Waals surface area contributed by atoms with Gasteiger partial charge in [-0.05, 0) is 25.7 Å².